The zero-order chi connectivity index (χ0) is 18.7. The number of esters is 1. The second-order valence-corrected chi connectivity index (χ2v) is 6.47. The first kappa shape index (κ1) is 18.9. The predicted molar refractivity (Wildman–Crippen MR) is 93.9 cm³/mol. The Balaban J connectivity index is 2.40. The number of hydrogen-bond acceptors (Lipinski definition) is 7. The fourth-order valence-corrected chi connectivity index (χ4v) is 3.37. The first-order valence-corrected chi connectivity index (χ1v) is 8.61. The van der Waals surface area contributed by atoms with Crippen molar-refractivity contribution < 1.29 is 14.3 Å². The van der Waals surface area contributed by atoms with E-state index in [0.29, 0.717) is 10.3 Å². The molecule has 0 spiro atoms. The van der Waals surface area contributed by atoms with Gasteiger partial charge in [-0.3, -0.25) is 23.5 Å². The molecule has 0 saturated heterocycles. The topological polar surface area (TPSA) is 100 Å². The number of hydrogen-bond donors (Lipinski definition) is 0. The van der Waals surface area contributed by atoms with Crippen LogP contribution in [0.15, 0.2) is 20.7 Å². The number of pyridine rings is 1. The van der Waals surface area contributed by atoms with Crippen molar-refractivity contribution in [2.45, 2.75) is 25.2 Å². The number of rotatable bonds is 6. The lowest BCUT2D eigenvalue weighted by Crippen LogP contribution is -2.37. The van der Waals surface area contributed by atoms with Crippen LogP contribution < -0.4 is 11.2 Å². The van der Waals surface area contributed by atoms with E-state index < -0.39 is 17.2 Å². The van der Waals surface area contributed by atoms with Crippen molar-refractivity contribution in [1.29, 1.82) is 0 Å². The number of carbonyl (C=O) groups is 2. The van der Waals surface area contributed by atoms with Crippen LogP contribution in [0.1, 0.15) is 18.9 Å². The quantitative estimate of drug-likeness (QED) is 0.419. The van der Waals surface area contributed by atoms with E-state index in [-0.39, 0.29) is 30.2 Å². The maximum Gasteiger partial charge on any atom is 0.332 e. The summed E-state index contributed by atoms with van der Waals surface area (Å²) in [4.78, 5) is 52.6. The molecule has 2 aromatic heterocycles. The van der Waals surface area contributed by atoms with Crippen molar-refractivity contribution in [2.75, 3.05) is 12.4 Å². The molecular weight excluding hydrogens is 346 g/mol. The van der Waals surface area contributed by atoms with Gasteiger partial charge in [-0.2, -0.15) is 0 Å². The van der Waals surface area contributed by atoms with Crippen LogP contribution in [-0.2, 0) is 28.4 Å². The highest BCUT2D eigenvalue weighted by Gasteiger charge is 2.18. The lowest BCUT2D eigenvalue weighted by Gasteiger charge is -2.12. The Morgan fingerprint density at radius 3 is 2.56 bits per heavy atom. The maximum atomic E-state index is 12.5. The number of ketones is 1. The Labute approximate surface area is 147 Å². The zero-order valence-corrected chi connectivity index (χ0v) is 15.3. The minimum Gasteiger partial charge on any atom is -0.466 e. The van der Waals surface area contributed by atoms with Crippen LogP contribution in [0.4, 0.5) is 0 Å². The molecular formula is C16H19N3O5S. The molecule has 25 heavy (non-hydrogen) atoms. The van der Waals surface area contributed by atoms with Crippen molar-refractivity contribution in [3.8, 4) is 0 Å². The first-order chi connectivity index (χ1) is 11.8. The molecule has 0 aliphatic carbocycles. The third-order valence-corrected chi connectivity index (χ3v) is 4.90. The van der Waals surface area contributed by atoms with Crippen LogP contribution in [0.2, 0.25) is 0 Å². The van der Waals surface area contributed by atoms with E-state index in [1.807, 2.05) is 0 Å². The Kier molecular flexibility index (Phi) is 5.78. The normalized spacial score (nSPS) is 10.9. The molecule has 0 aliphatic rings. The average Bonchev–Trinajstić information content (AvgIpc) is 2.56. The molecule has 8 nitrogen and oxygen atoms in total. The van der Waals surface area contributed by atoms with Gasteiger partial charge in [0.2, 0.25) is 0 Å². The molecule has 0 atom stereocenters. The molecule has 134 valence electrons. The summed E-state index contributed by atoms with van der Waals surface area (Å²) in [5, 5.41) is 0.290. The fourth-order valence-electron chi connectivity index (χ4n) is 2.36. The number of aryl methyl sites for hydroxylation is 2. The number of ether oxygens (including phenoxy) is 1. The SMILES string of the molecule is CCOC(=O)CC(=O)CSc1c(C)cnc2c1c(=O)n(C)c(=O)n2C. The van der Waals surface area contributed by atoms with E-state index >= 15 is 0 Å². The van der Waals surface area contributed by atoms with Gasteiger partial charge in [-0.05, 0) is 19.4 Å². The number of thioether (sulfide) groups is 1. The summed E-state index contributed by atoms with van der Waals surface area (Å²) < 4.78 is 7.05. The zero-order valence-electron chi connectivity index (χ0n) is 14.5. The smallest absolute Gasteiger partial charge is 0.332 e. The number of fused-ring (bicyclic) bond motifs is 1. The van der Waals surface area contributed by atoms with Gasteiger partial charge in [-0.15, -0.1) is 11.8 Å². The largest absolute Gasteiger partial charge is 0.466 e. The molecule has 2 aromatic rings. The summed E-state index contributed by atoms with van der Waals surface area (Å²) in [5.74, 6) is -0.845. The lowest BCUT2D eigenvalue weighted by atomic mass is 10.2. The Bertz CT molecular complexity index is 961. The van der Waals surface area contributed by atoms with E-state index in [0.717, 1.165) is 21.9 Å². The van der Waals surface area contributed by atoms with Gasteiger partial charge in [0.1, 0.15) is 12.1 Å². The lowest BCUT2D eigenvalue weighted by molar-refractivity contribution is -0.145. The molecule has 0 unspecified atom stereocenters. The molecule has 0 aromatic carbocycles. The highest BCUT2D eigenvalue weighted by molar-refractivity contribution is 8.00. The van der Waals surface area contributed by atoms with Gasteiger partial charge in [0.25, 0.3) is 5.56 Å². The van der Waals surface area contributed by atoms with Crippen LogP contribution in [0.3, 0.4) is 0 Å². The van der Waals surface area contributed by atoms with E-state index in [1.54, 1.807) is 20.0 Å². The molecule has 0 radical (unpaired) electrons. The van der Waals surface area contributed by atoms with Gasteiger partial charge in [-0.25, -0.2) is 9.78 Å². The Morgan fingerprint density at radius 2 is 1.92 bits per heavy atom. The second-order valence-electron chi connectivity index (χ2n) is 5.48. The van der Waals surface area contributed by atoms with E-state index in [2.05, 4.69) is 4.98 Å². The number of Topliss-reactive ketones (excluding diaryl/α,β-unsaturated/α-hetero) is 1. The monoisotopic (exact) mass is 365 g/mol. The van der Waals surface area contributed by atoms with Crippen LogP contribution >= 0.6 is 11.8 Å². The van der Waals surface area contributed by atoms with Gasteiger partial charge >= 0.3 is 11.7 Å². The molecule has 0 bridgehead atoms. The predicted octanol–water partition coefficient (Wildman–Crippen LogP) is 0.555. The minimum atomic E-state index is -0.567. The van der Waals surface area contributed by atoms with Crippen molar-refractivity contribution >= 4 is 34.5 Å². The molecule has 0 amide bonds. The minimum absolute atomic E-state index is 0.0186. The molecule has 2 rings (SSSR count). The molecule has 0 aliphatic heterocycles. The average molecular weight is 365 g/mol. The van der Waals surface area contributed by atoms with Crippen LogP contribution in [0.5, 0.6) is 0 Å². The Morgan fingerprint density at radius 1 is 1.24 bits per heavy atom. The molecule has 9 heteroatoms. The standard InChI is InChI=1S/C16H19N3O5S/c1-5-24-11(21)6-10(20)8-25-13-9(2)7-17-14-12(13)15(22)19(4)16(23)18(14)3/h7H,5-6,8H2,1-4H3. The summed E-state index contributed by atoms with van der Waals surface area (Å²) in [6.45, 7) is 3.66. The van der Waals surface area contributed by atoms with Gasteiger partial charge in [0.05, 0.1) is 17.7 Å². The number of carbonyl (C=O) groups excluding carboxylic acids is 2. The molecule has 0 fully saturated rings. The van der Waals surface area contributed by atoms with Gasteiger partial charge in [0.15, 0.2) is 5.78 Å². The van der Waals surface area contributed by atoms with E-state index in [9.17, 15) is 19.2 Å². The molecule has 2 heterocycles. The summed E-state index contributed by atoms with van der Waals surface area (Å²) in [5.41, 5.74) is 0.0501. The first-order valence-electron chi connectivity index (χ1n) is 7.63. The van der Waals surface area contributed by atoms with Gasteiger partial charge in [-0.1, -0.05) is 0 Å². The van der Waals surface area contributed by atoms with Gasteiger partial charge in [0, 0.05) is 25.2 Å². The number of nitrogens with zero attached hydrogens (tertiary/aromatic N) is 3. The maximum absolute atomic E-state index is 12.5. The van der Waals surface area contributed by atoms with Crippen molar-refractivity contribution in [2.24, 2.45) is 14.1 Å². The summed E-state index contributed by atoms with van der Waals surface area (Å²) in [7, 11) is 2.93. The highest BCUT2D eigenvalue weighted by atomic mass is 32.2. The fraction of sp³-hybridized carbons (Fsp3) is 0.438. The summed E-state index contributed by atoms with van der Waals surface area (Å²) in [6, 6.07) is 0. The van der Waals surface area contributed by atoms with E-state index in [4.69, 9.17) is 4.74 Å². The third-order valence-electron chi connectivity index (χ3n) is 3.62. The highest BCUT2D eigenvalue weighted by Crippen LogP contribution is 2.27. The third kappa shape index (κ3) is 3.81. The van der Waals surface area contributed by atoms with Crippen molar-refractivity contribution in [1.82, 2.24) is 14.1 Å². The van der Waals surface area contributed by atoms with E-state index in [1.165, 1.54) is 18.7 Å². The number of aromatic nitrogens is 3. The summed E-state index contributed by atoms with van der Waals surface area (Å²) in [6.07, 6.45) is 1.25. The molecule has 0 saturated carbocycles. The van der Waals surface area contributed by atoms with Crippen LogP contribution in [0, 0.1) is 6.92 Å². The summed E-state index contributed by atoms with van der Waals surface area (Å²) >= 11 is 1.16. The Hall–Kier alpha value is -2.42. The van der Waals surface area contributed by atoms with Crippen molar-refractivity contribution in [3.05, 3.63) is 32.6 Å². The van der Waals surface area contributed by atoms with Crippen molar-refractivity contribution in [3.63, 3.8) is 0 Å². The van der Waals surface area contributed by atoms with Gasteiger partial charge < -0.3 is 4.74 Å². The second kappa shape index (κ2) is 7.64. The molecule has 0 N–H and O–H groups in total. The van der Waals surface area contributed by atoms with Crippen LogP contribution in [0.25, 0.3) is 11.0 Å². The van der Waals surface area contributed by atoms with Crippen LogP contribution in [-0.4, -0.2) is 38.2 Å².